The number of anilines is 3. The molecule has 2 heterocycles. The van der Waals surface area contributed by atoms with Crippen molar-refractivity contribution in [2.24, 2.45) is 0 Å². The van der Waals surface area contributed by atoms with Crippen molar-refractivity contribution in [1.82, 2.24) is 0 Å². The molecule has 0 aromatic heterocycles. The van der Waals surface area contributed by atoms with E-state index in [1.54, 1.807) is 18.2 Å². The number of nitrogens with one attached hydrogen (secondary N) is 2. The number of fused-ring (bicyclic) bond motifs is 6. The van der Waals surface area contributed by atoms with Crippen molar-refractivity contribution in [1.29, 1.82) is 0 Å². The normalized spacial score (nSPS) is 14.5. The lowest BCUT2D eigenvalue weighted by Crippen LogP contribution is -2.33. The number of ether oxygens (including phenoxy) is 2. The van der Waals surface area contributed by atoms with Crippen LogP contribution in [0, 0.1) is 5.82 Å². The van der Waals surface area contributed by atoms with E-state index in [1.165, 1.54) is 6.07 Å². The Bertz CT molecular complexity index is 1400. The summed E-state index contributed by atoms with van der Waals surface area (Å²) in [5, 5.41) is 6.50. The molecular weight excluding hydrogens is 431 g/mol. The van der Waals surface area contributed by atoms with Gasteiger partial charge in [-0.25, -0.2) is 9.18 Å². The van der Waals surface area contributed by atoms with Crippen LogP contribution in [-0.4, -0.2) is 12.5 Å². The molecule has 0 aliphatic carbocycles. The number of carbonyl (C=O) groups is 1. The summed E-state index contributed by atoms with van der Waals surface area (Å²) < 4.78 is 27.1. The van der Waals surface area contributed by atoms with Gasteiger partial charge in [0.05, 0.1) is 11.3 Å². The number of hydrogen-bond acceptors (Lipinski definition) is 5. The van der Waals surface area contributed by atoms with E-state index in [0.717, 1.165) is 0 Å². The topological polar surface area (TPSA) is 59.6 Å². The summed E-state index contributed by atoms with van der Waals surface area (Å²) in [4.78, 5) is 13.5. The molecule has 4 aromatic carbocycles. The molecule has 1 spiro atoms. The van der Waals surface area contributed by atoms with Gasteiger partial charge in [-0.15, -0.1) is 0 Å². The predicted octanol–water partition coefficient (Wildman–Crippen LogP) is 6.57. The molecule has 0 saturated heterocycles. The minimum Gasteiger partial charge on any atom is -0.456 e. The Labute approximate surface area is 196 Å². The Balaban J connectivity index is 1.69. The second kappa shape index (κ2) is 7.63. The monoisotopic (exact) mass is 452 g/mol. The Morgan fingerprint density at radius 3 is 2.09 bits per heavy atom. The summed E-state index contributed by atoms with van der Waals surface area (Å²) in [6.45, 7) is 2.59. The Hall–Kier alpha value is -4.32. The highest BCUT2D eigenvalue weighted by Crippen LogP contribution is 2.58. The van der Waals surface area contributed by atoms with E-state index in [4.69, 9.17) is 9.47 Å². The largest absolute Gasteiger partial charge is 0.456 e. The van der Waals surface area contributed by atoms with Gasteiger partial charge in [0.25, 0.3) is 0 Å². The molecule has 2 N–H and O–H groups in total. The first-order valence-corrected chi connectivity index (χ1v) is 11.2. The summed E-state index contributed by atoms with van der Waals surface area (Å²) in [6.07, 6.45) is 0. The van der Waals surface area contributed by atoms with Crippen LogP contribution < -0.4 is 15.4 Å². The number of halogens is 1. The van der Waals surface area contributed by atoms with Gasteiger partial charge in [0.2, 0.25) is 0 Å². The maximum absolute atomic E-state index is 14.6. The van der Waals surface area contributed by atoms with Gasteiger partial charge in [0.15, 0.2) is 5.60 Å². The lowest BCUT2D eigenvalue weighted by Gasteiger charge is -2.37. The first-order chi connectivity index (χ1) is 16.6. The van der Waals surface area contributed by atoms with E-state index in [9.17, 15) is 9.18 Å². The van der Waals surface area contributed by atoms with Crippen LogP contribution in [0.15, 0.2) is 84.9 Å². The minimum absolute atomic E-state index is 0.309. The smallest absolute Gasteiger partial charge is 0.342 e. The van der Waals surface area contributed by atoms with Crippen molar-refractivity contribution < 1.29 is 18.7 Å². The second-order valence-corrected chi connectivity index (χ2v) is 8.21. The van der Waals surface area contributed by atoms with E-state index in [0.29, 0.717) is 57.4 Å². The molecule has 2 aliphatic heterocycles. The van der Waals surface area contributed by atoms with Crippen molar-refractivity contribution in [3.05, 3.63) is 113 Å². The van der Waals surface area contributed by atoms with Gasteiger partial charge < -0.3 is 20.1 Å². The van der Waals surface area contributed by atoms with E-state index < -0.39 is 11.6 Å². The van der Waals surface area contributed by atoms with Gasteiger partial charge in [-0.3, -0.25) is 0 Å². The zero-order valence-corrected chi connectivity index (χ0v) is 18.4. The summed E-state index contributed by atoms with van der Waals surface area (Å²) >= 11 is 0. The van der Waals surface area contributed by atoms with Gasteiger partial charge in [-0.2, -0.15) is 0 Å². The molecule has 0 saturated carbocycles. The predicted molar refractivity (Wildman–Crippen MR) is 129 cm³/mol. The third-order valence-corrected chi connectivity index (χ3v) is 6.27. The minimum atomic E-state index is -1.25. The Kier molecular flexibility index (Phi) is 4.55. The fourth-order valence-corrected chi connectivity index (χ4v) is 4.91. The lowest BCUT2D eigenvalue weighted by molar-refractivity contribution is 0.0226. The van der Waals surface area contributed by atoms with Gasteiger partial charge >= 0.3 is 5.97 Å². The quantitative estimate of drug-likeness (QED) is 0.343. The number of carbonyl (C=O) groups excluding carboxylic acids is 1. The fraction of sp³-hybridized carbons (Fsp3) is 0.107. The molecule has 168 valence electrons. The van der Waals surface area contributed by atoms with Crippen LogP contribution >= 0.6 is 0 Å². The summed E-state index contributed by atoms with van der Waals surface area (Å²) in [6, 6.07) is 25.2. The van der Waals surface area contributed by atoms with Gasteiger partial charge in [0, 0.05) is 34.6 Å². The molecule has 0 fully saturated rings. The highest BCUT2D eigenvalue weighted by atomic mass is 19.1. The molecule has 2 aliphatic rings. The molecule has 6 rings (SSSR count). The number of hydrogen-bond donors (Lipinski definition) is 2. The fourth-order valence-electron chi connectivity index (χ4n) is 4.91. The second-order valence-electron chi connectivity index (χ2n) is 8.21. The molecule has 0 unspecified atom stereocenters. The highest BCUT2D eigenvalue weighted by molar-refractivity contribution is 6.04. The third kappa shape index (κ3) is 2.81. The van der Waals surface area contributed by atoms with Crippen molar-refractivity contribution >= 4 is 23.0 Å². The van der Waals surface area contributed by atoms with Gasteiger partial charge in [-0.1, -0.05) is 48.5 Å². The molecule has 6 heteroatoms. The molecule has 34 heavy (non-hydrogen) atoms. The number of benzene rings is 4. The van der Waals surface area contributed by atoms with Crippen molar-refractivity contribution in [2.75, 3.05) is 17.2 Å². The zero-order valence-electron chi connectivity index (χ0n) is 18.4. The molecular formula is C28H21FN2O3. The summed E-state index contributed by atoms with van der Waals surface area (Å²) in [5.41, 5.74) is 2.79. The summed E-state index contributed by atoms with van der Waals surface area (Å²) in [5.74, 6) is 0.369. The van der Waals surface area contributed by atoms with Crippen molar-refractivity contribution in [3.63, 3.8) is 0 Å². The van der Waals surface area contributed by atoms with E-state index in [-0.39, 0.29) is 5.82 Å². The molecule has 0 radical (unpaired) electrons. The summed E-state index contributed by atoms with van der Waals surface area (Å²) in [7, 11) is 0. The first-order valence-electron chi connectivity index (χ1n) is 11.2. The van der Waals surface area contributed by atoms with Crippen LogP contribution in [0.3, 0.4) is 0 Å². The van der Waals surface area contributed by atoms with Crippen molar-refractivity contribution in [3.8, 4) is 11.5 Å². The van der Waals surface area contributed by atoms with E-state index >= 15 is 0 Å². The number of rotatable bonds is 4. The average Bonchev–Trinajstić information content (AvgIpc) is 3.16. The average molecular weight is 452 g/mol. The molecule has 4 aromatic rings. The van der Waals surface area contributed by atoms with Crippen molar-refractivity contribution in [2.45, 2.75) is 12.5 Å². The van der Waals surface area contributed by atoms with Crippen LogP contribution in [0.5, 0.6) is 11.5 Å². The van der Waals surface area contributed by atoms with Crippen LogP contribution in [-0.2, 0) is 10.3 Å². The Morgan fingerprint density at radius 1 is 0.794 bits per heavy atom. The van der Waals surface area contributed by atoms with Crippen LogP contribution in [0.4, 0.5) is 21.5 Å². The Morgan fingerprint density at radius 2 is 1.41 bits per heavy atom. The first kappa shape index (κ1) is 20.3. The maximum Gasteiger partial charge on any atom is 0.342 e. The zero-order chi connectivity index (χ0) is 23.3. The molecule has 0 bridgehead atoms. The maximum atomic E-state index is 14.6. The van der Waals surface area contributed by atoms with E-state index in [1.807, 2.05) is 67.6 Å². The third-order valence-electron chi connectivity index (χ3n) is 6.27. The van der Waals surface area contributed by atoms with Crippen LogP contribution in [0.2, 0.25) is 0 Å². The van der Waals surface area contributed by atoms with Gasteiger partial charge in [0.1, 0.15) is 17.3 Å². The lowest BCUT2D eigenvalue weighted by atomic mass is 9.76. The van der Waals surface area contributed by atoms with Crippen LogP contribution in [0.25, 0.3) is 0 Å². The molecule has 5 nitrogen and oxygen atoms in total. The standard InChI is InChI=1S/C28H21FN2O3/c1-2-30-21-15-16-22(31-20-12-6-5-11-19(20)29)26-25(21)27(32)34-28(26)17-9-3-7-13-23(17)33-24-14-8-4-10-18(24)28/h3-16,30-31H,2H2,1H3. The molecule has 0 amide bonds. The highest BCUT2D eigenvalue weighted by Gasteiger charge is 2.55. The number of para-hydroxylation sites is 3. The number of esters is 1. The SMILES string of the molecule is CCNc1ccc(Nc2ccccc2F)c2c1C(=O)OC21c2ccccc2Oc2ccccc21. The molecule has 0 atom stereocenters. The van der Waals surface area contributed by atoms with E-state index in [2.05, 4.69) is 10.6 Å². The van der Waals surface area contributed by atoms with Crippen LogP contribution in [0.1, 0.15) is 34.0 Å². The van der Waals surface area contributed by atoms with Gasteiger partial charge in [-0.05, 0) is 43.3 Å².